The van der Waals surface area contributed by atoms with Crippen LogP contribution in [-0.2, 0) is 13.0 Å². The van der Waals surface area contributed by atoms with E-state index in [-0.39, 0.29) is 36.4 Å². The summed E-state index contributed by atoms with van der Waals surface area (Å²) in [5.41, 5.74) is 3.68. The average molecular weight is 537 g/mol. The van der Waals surface area contributed by atoms with Gasteiger partial charge >= 0.3 is 0 Å². The van der Waals surface area contributed by atoms with Crippen molar-refractivity contribution in [3.8, 4) is 17.4 Å². The van der Waals surface area contributed by atoms with Crippen molar-refractivity contribution in [1.82, 2.24) is 30.0 Å². The lowest BCUT2D eigenvalue weighted by Crippen LogP contribution is -2.44. The van der Waals surface area contributed by atoms with Crippen molar-refractivity contribution < 1.29 is 14.2 Å². The van der Waals surface area contributed by atoms with Crippen LogP contribution in [0.4, 0.5) is 0 Å². The molecule has 1 N–H and O–H groups in total. The van der Waals surface area contributed by atoms with E-state index >= 15 is 0 Å². The second-order valence-electron chi connectivity index (χ2n) is 9.10. The van der Waals surface area contributed by atoms with E-state index in [1.54, 1.807) is 7.11 Å². The smallest absolute Gasteiger partial charge is 0.276 e. The van der Waals surface area contributed by atoms with Crippen LogP contribution in [0, 0.1) is 0 Å². The number of aromatic nitrogens is 4. The average Bonchev–Trinajstić information content (AvgIpc) is 3.26. The first-order valence-corrected chi connectivity index (χ1v) is 11.8. The third kappa shape index (κ3) is 4.95. The highest BCUT2D eigenvalue weighted by Gasteiger charge is 2.31. The summed E-state index contributed by atoms with van der Waals surface area (Å²) in [5, 5.41) is 12.0. The van der Waals surface area contributed by atoms with Crippen molar-refractivity contribution in [2.75, 3.05) is 40.0 Å². The molecule has 0 amide bonds. The fraction of sp³-hybridized carbons (Fsp3) is 0.500. The van der Waals surface area contributed by atoms with Gasteiger partial charge in [-0.2, -0.15) is 5.10 Å². The summed E-state index contributed by atoms with van der Waals surface area (Å²) in [4.78, 5) is 19.5. The van der Waals surface area contributed by atoms with Gasteiger partial charge in [0, 0.05) is 37.2 Å². The van der Waals surface area contributed by atoms with Gasteiger partial charge in [-0.3, -0.25) is 4.79 Å². The second-order valence-corrected chi connectivity index (χ2v) is 9.10. The van der Waals surface area contributed by atoms with Gasteiger partial charge in [-0.1, -0.05) is 0 Å². The summed E-state index contributed by atoms with van der Waals surface area (Å²) in [6, 6.07) is 6.30. The van der Waals surface area contributed by atoms with Gasteiger partial charge in [0.25, 0.3) is 11.4 Å². The van der Waals surface area contributed by atoms with Crippen LogP contribution in [0.1, 0.15) is 30.1 Å². The summed E-state index contributed by atoms with van der Waals surface area (Å²) < 4.78 is 18.5. The number of hydrogen-bond acceptors (Lipinski definition) is 9. The molecule has 1 unspecified atom stereocenters. The predicted octanol–water partition coefficient (Wildman–Crippen LogP) is 2.16. The molecule has 12 heteroatoms. The zero-order valence-electron chi connectivity index (χ0n) is 20.0. The molecule has 10 nitrogen and oxygen atoms in total. The maximum Gasteiger partial charge on any atom is 0.276 e. The molecule has 2 aromatic heterocycles. The SMILES string of the molecule is COc1ccc2ncc(=O)n3c2c1CC3CN1CCC(NCc2cc3c(nn2)OCCO3)CC1.Cl.Cl. The summed E-state index contributed by atoms with van der Waals surface area (Å²) in [6.07, 6.45) is 4.32. The van der Waals surface area contributed by atoms with Gasteiger partial charge in [0.1, 0.15) is 19.0 Å². The van der Waals surface area contributed by atoms with E-state index in [0.29, 0.717) is 37.4 Å². The van der Waals surface area contributed by atoms with E-state index in [9.17, 15) is 4.79 Å². The zero-order valence-corrected chi connectivity index (χ0v) is 21.6. The summed E-state index contributed by atoms with van der Waals surface area (Å²) >= 11 is 0. The highest BCUT2D eigenvalue weighted by Crippen LogP contribution is 2.36. The lowest BCUT2D eigenvalue weighted by Gasteiger charge is -2.34. The number of piperidine rings is 1. The van der Waals surface area contributed by atoms with Crippen LogP contribution in [0.15, 0.2) is 29.2 Å². The number of nitrogens with one attached hydrogen (secondary N) is 1. The largest absolute Gasteiger partial charge is 0.496 e. The molecule has 194 valence electrons. The monoisotopic (exact) mass is 536 g/mol. The molecule has 1 atom stereocenters. The van der Waals surface area contributed by atoms with Crippen LogP contribution in [0.25, 0.3) is 11.0 Å². The van der Waals surface area contributed by atoms with Crippen LogP contribution >= 0.6 is 24.8 Å². The highest BCUT2D eigenvalue weighted by molar-refractivity contribution is 5.85. The molecule has 0 bridgehead atoms. The molecular weight excluding hydrogens is 507 g/mol. The molecule has 0 radical (unpaired) electrons. The number of nitrogens with zero attached hydrogens (tertiary/aromatic N) is 5. The van der Waals surface area contributed by atoms with Crippen LogP contribution in [0.5, 0.6) is 17.4 Å². The zero-order chi connectivity index (χ0) is 23.1. The van der Waals surface area contributed by atoms with Crippen molar-refractivity contribution in [2.24, 2.45) is 0 Å². The number of rotatable bonds is 6. The van der Waals surface area contributed by atoms with E-state index < -0.39 is 0 Å². The number of hydrogen-bond donors (Lipinski definition) is 1. The molecule has 36 heavy (non-hydrogen) atoms. The Bertz CT molecular complexity index is 1280. The Hall–Kier alpha value is -2.66. The third-order valence-corrected chi connectivity index (χ3v) is 7.02. The Balaban J connectivity index is 0.00000152. The number of fused-ring (bicyclic) bond motifs is 1. The molecule has 0 aliphatic carbocycles. The lowest BCUT2D eigenvalue weighted by molar-refractivity contribution is 0.161. The minimum absolute atomic E-state index is 0. The molecule has 0 spiro atoms. The maximum absolute atomic E-state index is 12.7. The van der Waals surface area contributed by atoms with E-state index in [2.05, 4.69) is 25.4 Å². The number of methoxy groups -OCH3 is 1. The van der Waals surface area contributed by atoms with Gasteiger partial charge in [-0.25, -0.2) is 4.98 Å². The molecule has 3 aliphatic heterocycles. The third-order valence-electron chi connectivity index (χ3n) is 7.02. The Kier molecular flexibility index (Phi) is 8.19. The van der Waals surface area contributed by atoms with Gasteiger partial charge in [-0.15, -0.1) is 29.9 Å². The van der Waals surface area contributed by atoms with Gasteiger partial charge in [0.2, 0.25) is 0 Å². The molecule has 1 saturated heterocycles. The van der Waals surface area contributed by atoms with E-state index in [1.165, 1.54) is 6.20 Å². The Morgan fingerprint density at radius 2 is 1.94 bits per heavy atom. The fourth-order valence-corrected chi connectivity index (χ4v) is 5.35. The molecule has 0 saturated carbocycles. The van der Waals surface area contributed by atoms with E-state index in [1.807, 2.05) is 22.8 Å². The standard InChI is InChI=1S/C24H28N6O4.2ClH/c1-32-20-3-2-19-23-18(20)11-17(30(23)22(31)13-26-19)14-29-6-4-15(5-7-29)25-12-16-10-21-24(28-27-16)34-9-8-33-21;;/h2-3,10,13,15,17,25H,4-9,11-12,14H2,1H3;2*1H. The molecular formula is C24H30Cl2N6O4. The van der Waals surface area contributed by atoms with Crippen molar-refractivity contribution in [1.29, 1.82) is 0 Å². The second kappa shape index (κ2) is 11.2. The normalized spacial score (nSPS) is 19.0. The first-order valence-electron chi connectivity index (χ1n) is 11.8. The lowest BCUT2D eigenvalue weighted by atomic mass is 10.0. The van der Waals surface area contributed by atoms with Crippen molar-refractivity contribution in [2.45, 2.75) is 37.9 Å². The Labute approximate surface area is 221 Å². The fourth-order valence-electron chi connectivity index (χ4n) is 5.35. The number of likely N-dealkylation sites (tertiary alicyclic amines) is 1. The van der Waals surface area contributed by atoms with Crippen LogP contribution in [0.2, 0.25) is 0 Å². The molecule has 3 aliphatic rings. The number of ether oxygens (including phenoxy) is 3. The Morgan fingerprint density at radius 1 is 1.14 bits per heavy atom. The number of halogens is 2. The topological polar surface area (TPSA) is 104 Å². The Morgan fingerprint density at radius 3 is 2.75 bits per heavy atom. The van der Waals surface area contributed by atoms with Crippen molar-refractivity contribution in [3.63, 3.8) is 0 Å². The highest BCUT2D eigenvalue weighted by atomic mass is 35.5. The van der Waals surface area contributed by atoms with Gasteiger partial charge in [0.05, 0.1) is 36.1 Å². The molecule has 5 heterocycles. The molecule has 1 aromatic carbocycles. The predicted molar refractivity (Wildman–Crippen MR) is 139 cm³/mol. The van der Waals surface area contributed by atoms with Crippen molar-refractivity contribution >= 4 is 35.8 Å². The molecule has 3 aromatic rings. The van der Waals surface area contributed by atoms with Crippen molar-refractivity contribution in [3.05, 3.63) is 46.0 Å². The quantitative estimate of drug-likeness (QED) is 0.507. The maximum atomic E-state index is 12.7. The minimum Gasteiger partial charge on any atom is -0.496 e. The molecule has 1 fully saturated rings. The van der Waals surface area contributed by atoms with Gasteiger partial charge < -0.3 is 29.0 Å². The van der Waals surface area contributed by atoms with Crippen LogP contribution in [0.3, 0.4) is 0 Å². The summed E-state index contributed by atoms with van der Waals surface area (Å²) in [7, 11) is 1.68. The molecule has 6 rings (SSSR count). The van der Waals surface area contributed by atoms with Crippen LogP contribution < -0.4 is 25.1 Å². The summed E-state index contributed by atoms with van der Waals surface area (Å²) in [5.74, 6) is 1.98. The van der Waals surface area contributed by atoms with Gasteiger partial charge in [0.15, 0.2) is 5.75 Å². The van der Waals surface area contributed by atoms with E-state index in [4.69, 9.17) is 14.2 Å². The first kappa shape index (κ1) is 26.4. The van der Waals surface area contributed by atoms with Gasteiger partial charge in [-0.05, 0) is 38.1 Å². The minimum atomic E-state index is -0.0402. The first-order chi connectivity index (χ1) is 16.7. The number of benzene rings is 1. The summed E-state index contributed by atoms with van der Waals surface area (Å²) in [6.45, 7) is 4.52. The van der Waals surface area contributed by atoms with E-state index in [0.717, 1.165) is 66.9 Å². The van der Waals surface area contributed by atoms with Crippen LogP contribution in [-0.4, -0.2) is 70.6 Å².